The van der Waals surface area contributed by atoms with Crippen molar-refractivity contribution in [2.75, 3.05) is 19.8 Å². The zero-order valence-electron chi connectivity index (χ0n) is 9.48. The van der Waals surface area contributed by atoms with Gasteiger partial charge in [-0.05, 0) is 19.8 Å². The maximum absolute atomic E-state index is 10.4. The average molecular weight is 242 g/mol. The van der Waals surface area contributed by atoms with Gasteiger partial charge in [-0.15, -0.1) is 11.3 Å². The van der Waals surface area contributed by atoms with Gasteiger partial charge in [0.25, 0.3) is 0 Å². The molecule has 1 saturated heterocycles. The molecule has 0 saturated carbocycles. The van der Waals surface area contributed by atoms with E-state index in [9.17, 15) is 5.11 Å². The van der Waals surface area contributed by atoms with E-state index in [2.05, 4.69) is 4.98 Å². The Morgan fingerprint density at radius 1 is 1.75 bits per heavy atom. The summed E-state index contributed by atoms with van der Waals surface area (Å²) >= 11 is 1.49. The predicted octanol–water partition coefficient (Wildman–Crippen LogP) is 1.24. The van der Waals surface area contributed by atoms with Crippen molar-refractivity contribution in [3.05, 3.63) is 16.1 Å². The molecule has 2 atom stereocenters. The Kier molecular flexibility index (Phi) is 3.59. The Morgan fingerprint density at radius 2 is 2.56 bits per heavy atom. The Bertz CT molecular complexity index is 348. The van der Waals surface area contributed by atoms with E-state index in [1.54, 1.807) is 0 Å². The van der Waals surface area contributed by atoms with Gasteiger partial charge in [0, 0.05) is 29.6 Å². The number of rotatable bonds is 3. The molecule has 0 aromatic carbocycles. The van der Waals surface area contributed by atoms with Crippen LogP contribution in [0.5, 0.6) is 0 Å². The van der Waals surface area contributed by atoms with Gasteiger partial charge in [-0.1, -0.05) is 0 Å². The fraction of sp³-hybridized carbons (Fsp3) is 0.727. The van der Waals surface area contributed by atoms with Gasteiger partial charge in [-0.25, -0.2) is 4.98 Å². The Morgan fingerprint density at radius 3 is 3.06 bits per heavy atom. The molecule has 2 heterocycles. The van der Waals surface area contributed by atoms with E-state index in [-0.39, 0.29) is 5.41 Å². The zero-order valence-corrected chi connectivity index (χ0v) is 10.3. The molecule has 90 valence electrons. The van der Waals surface area contributed by atoms with Crippen molar-refractivity contribution in [2.24, 2.45) is 11.1 Å². The van der Waals surface area contributed by atoms with Gasteiger partial charge >= 0.3 is 0 Å². The van der Waals surface area contributed by atoms with Gasteiger partial charge in [0.1, 0.15) is 11.1 Å². The minimum atomic E-state index is -0.600. The van der Waals surface area contributed by atoms with Crippen molar-refractivity contribution in [1.29, 1.82) is 0 Å². The summed E-state index contributed by atoms with van der Waals surface area (Å²) in [7, 11) is 0. The molecule has 16 heavy (non-hydrogen) atoms. The van der Waals surface area contributed by atoms with Gasteiger partial charge in [0.05, 0.1) is 6.61 Å². The molecule has 5 heteroatoms. The van der Waals surface area contributed by atoms with E-state index in [1.165, 1.54) is 11.3 Å². The van der Waals surface area contributed by atoms with Crippen LogP contribution in [0.1, 0.15) is 29.6 Å². The number of ether oxygens (including phenoxy) is 1. The highest BCUT2D eigenvalue weighted by Gasteiger charge is 2.40. The van der Waals surface area contributed by atoms with Crippen LogP contribution in [0.25, 0.3) is 0 Å². The van der Waals surface area contributed by atoms with Crippen molar-refractivity contribution >= 4 is 11.3 Å². The van der Waals surface area contributed by atoms with Gasteiger partial charge in [0.2, 0.25) is 0 Å². The highest BCUT2D eigenvalue weighted by Crippen LogP contribution is 2.40. The molecule has 1 aliphatic heterocycles. The summed E-state index contributed by atoms with van der Waals surface area (Å²) in [5.41, 5.74) is 6.42. The molecule has 2 rings (SSSR count). The summed E-state index contributed by atoms with van der Waals surface area (Å²) in [5, 5.41) is 13.1. The minimum Gasteiger partial charge on any atom is -0.385 e. The van der Waals surface area contributed by atoms with Crippen LogP contribution in [0, 0.1) is 12.3 Å². The Hall–Kier alpha value is -0.490. The molecule has 4 nitrogen and oxygen atoms in total. The van der Waals surface area contributed by atoms with Crippen LogP contribution in [0.4, 0.5) is 0 Å². The van der Waals surface area contributed by atoms with Gasteiger partial charge < -0.3 is 15.6 Å². The molecule has 0 bridgehead atoms. The normalized spacial score (nSPS) is 27.9. The number of thiazole rings is 1. The summed E-state index contributed by atoms with van der Waals surface area (Å²) in [6.45, 7) is 3.67. The SMILES string of the molecule is Cc1csc(C(O)C2(CN)CCCOC2)n1. The van der Waals surface area contributed by atoms with Crippen LogP contribution in [0.2, 0.25) is 0 Å². The lowest BCUT2D eigenvalue weighted by atomic mass is 9.77. The lowest BCUT2D eigenvalue weighted by Gasteiger charge is -2.38. The third-order valence-corrected chi connectivity index (χ3v) is 4.23. The molecule has 3 N–H and O–H groups in total. The standard InChI is InChI=1S/C11H18N2O2S/c1-8-5-16-10(13-8)9(14)11(6-12)3-2-4-15-7-11/h5,9,14H,2-4,6-7,12H2,1H3. The highest BCUT2D eigenvalue weighted by molar-refractivity contribution is 7.09. The maximum Gasteiger partial charge on any atom is 0.122 e. The molecular formula is C11H18N2O2S. The Balaban J connectivity index is 2.20. The van der Waals surface area contributed by atoms with Crippen LogP contribution in [0.15, 0.2) is 5.38 Å². The van der Waals surface area contributed by atoms with Crippen molar-refractivity contribution in [3.8, 4) is 0 Å². The monoisotopic (exact) mass is 242 g/mol. The molecule has 1 aromatic heterocycles. The molecule has 1 fully saturated rings. The van der Waals surface area contributed by atoms with E-state index in [4.69, 9.17) is 10.5 Å². The van der Waals surface area contributed by atoms with Gasteiger partial charge in [-0.3, -0.25) is 0 Å². The lowest BCUT2D eigenvalue weighted by Crippen LogP contribution is -2.43. The summed E-state index contributed by atoms with van der Waals surface area (Å²) < 4.78 is 5.46. The average Bonchev–Trinajstić information content (AvgIpc) is 2.76. The fourth-order valence-corrected chi connectivity index (χ4v) is 3.04. The maximum atomic E-state index is 10.4. The molecule has 0 aliphatic carbocycles. The predicted molar refractivity (Wildman–Crippen MR) is 63.4 cm³/mol. The second kappa shape index (κ2) is 4.79. The summed E-state index contributed by atoms with van der Waals surface area (Å²) in [5.74, 6) is 0. The second-order valence-electron chi connectivity index (χ2n) is 4.45. The first kappa shape index (κ1) is 12.0. The minimum absolute atomic E-state index is 0.345. The lowest BCUT2D eigenvalue weighted by molar-refractivity contribution is -0.0782. The largest absolute Gasteiger partial charge is 0.385 e. The van der Waals surface area contributed by atoms with E-state index in [0.717, 1.165) is 30.2 Å². The number of nitrogens with zero attached hydrogens (tertiary/aromatic N) is 1. The molecular weight excluding hydrogens is 224 g/mol. The Labute approximate surface area is 99.5 Å². The first-order chi connectivity index (χ1) is 7.68. The number of aliphatic hydroxyl groups is 1. The van der Waals surface area contributed by atoms with Crippen LogP contribution in [-0.4, -0.2) is 29.8 Å². The third-order valence-electron chi connectivity index (χ3n) is 3.21. The molecule has 0 spiro atoms. The van der Waals surface area contributed by atoms with E-state index in [0.29, 0.717) is 13.2 Å². The first-order valence-corrected chi connectivity index (χ1v) is 6.44. The number of aliphatic hydroxyl groups excluding tert-OH is 1. The van der Waals surface area contributed by atoms with Crippen LogP contribution in [-0.2, 0) is 4.74 Å². The molecule has 0 amide bonds. The van der Waals surface area contributed by atoms with Crippen LogP contribution < -0.4 is 5.73 Å². The first-order valence-electron chi connectivity index (χ1n) is 5.56. The number of aryl methyl sites for hydroxylation is 1. The number of hydrogen-bond donors (Lipinski definition) is 2. The number of aromatic nitrogens is 1. The molecule has 2 unspecified atom stereocenters. The van der Waals surface area contributed by atoms with Gasteiger partial charge in [-0.2, -0.15) is 0 Å². The van der Waals surface area contributed by atoms with E-state index < -0.39 is 6.10 Å². The zero-order chi connectivity index (χ0) is 11.6. The summed E-state index contributed by atoms with van der Waals surface area (Å²) in [6.07, 6.45) is 1.26. The third kappa shape index (κ3) is 2.13. The number of nitrogens with two attached hydrogens (primary N) is 1. The van der Waals surface area contributed by atoms with E-state index >= 15 is 0 Å². The van der Waals surface area contributed by atoms with Crippen molar-refractivity contribution in [1.82, 2.24) is 4.98 Å². The molecule has 1 aromatic rings. The van der Waals surface area contributed by atoms with Crippen molar-refractivity contribution in [2.45, 2.75) is 25.9 Å². The topological polar surface area (TPSA) is 68.4 Å². The summed E-state index contributed by atoms with van der Waals surface area (Å²) in [6, 6.07) is 0. The smallest absolute Gasteiger partial charge is 0.122 e. The van der Waals surface area contributed by atoms with Gasteiger partial charge in [0.15, 0.2) is 0 Å². The quantitative estimate of drug-likeness (QED) is 0.837. The number of hydrogen-bond acceptors (Lipinski definition) is 5. The molecule has 0 radical (unpaired) electrons. The molecule has 1 aliphatic rings. The van der Waals surface area contributed by atoms with Crippen molar-refractivity contribution < 1.29 is 9.84 Å². The second-order valence-corrected chi connectivity index (χ2v) is 5.34. The van der Waals surface area contributed by atoms with Crippen LogP contribution >= 0.6 is 11.3 Å². The fourth-order valence-electron chi connectivity index (χ4n) is 2.12. The van der Waals surface area contributed by atoms with Crippen LogP contribution in [0.3, 0.4) is 0 Å². The summed E-state index contributed by atoms with van der Waals surface area (Å²) in [4.78, 5) is 4.34. The highest BCUT2D eigenvalue weighted by atomic mass is 32.1. The van der Waals surface area contributed by atoms with Crippen molar-refractivity contribution in [3.63, 3.8) is 0 Å². The van der Waals surface area contributed by atoms with E-state index in [1.807, 2.05) is 12.3 Å².